The van der Waals surface area contributed by atoms with Crippen molar-refractivity contribution in [3.63, 3.8) is 0 Å². The van der Waals surface area contributed by atoms with E-state index in [-0.39, 0.29) is 97.7 Å². The Morgan fingerprint density at radius 2 is 1.50 bits per heavy atom. The van der Waals surface area contributed by atoms with Crippen molar-refractivity contribution >= 4 is 72.1 Å². The number of rotatable bonds is 25. The van der Waals surface area contributed by atoms with Gasteiger partial charge >= 0.3 is 19.8 Å². The first-order valence-corrected chi connectivity index (χ1v) is 28.4. The lowest BCUT2D eigenvalue weighted by molar-refractivity contribution is -0.199. The number of aromatic amines is 1. The number of imidazole rings is 1. The minimum absolute atomic E-state index is 0.0133. The third kappa shape index (κ3) is 15.7. The maximum absolute atomic E-state index is 14.8. The first-order chi connectivity index (χ1) is 40.0. The summed E-state index contributed by atoms with van der Waals surface area (Å²) < 4.78 is 63.0. The molecule has 2 aliphatic heterocycles. The van der Waals surface area contributed by atoms with Crippen LogP contribution in [0, 0.1) is 5.41 Å². The first-order valence-electron chi connectivity index (χ1n) is 27.0. The fourth-order valence-corrected chi connectivity index (χ4v) is 10.1. The number of pyridine rings is 1. The zero-order valence-electron chi connectivity index (χ0n) is 47.3. The van der Waals surface area contributed by atoms with Crippen LogP contribution >= 0.6 is 7.82 Å². The molecule has 84 heavy (non-hydrogen) atoms. The summed E-state index contributed by atoms with van der Waals surface area (Å²) in [4.78, 5) is 110. The van der Waals surface area contributed by atoms with Gasteiger partial charge in [-0.15, -0.1) is 0 Å². The second kappa shape index (κ2) is 27.0. The summed E-state index contributed by atoms with van der Waals surface area (Å²) in [7, 11) is -4.32. The number of carbonyl (C=O) groups is 6. The normalized spacial score (nSPS) is 17.8. The molecule has 5 atom stereocenters. The third-order valence-electron chi connectivity index (χ3n) is 13.1. The predicted octanol–water partition coefficient (Wildman–Crippen LogP) is 6.83. The van der Waals surface area contributed by atoms with Crippen LogP contribution in [-0.4, -0.2) is 110 Å². The number of primary amides is 1. The molecule has 6 aromatic rings. The molecule has 2 saturated heterocycles. The topological polar surface area (TPSA) is 323 Å². The molecule has 5 heterocycles. The molecule has 0 bridgehead atoms. The van der Waals surface area contributed by atoms with Crippen LogP contribution in [0.1, 0.15) is 111 Å². The van der Waals surface area contributed by atoms with Crippen molar-refractivity contribution in [1.82, 2.24) is 29.8 Å². The molecule has 0 aliphatic carbocycles. The van der Waals surface area contributed by atoms with Gasteiger partial charge in [-0.05, 0) is 87.7 Å². The Kier molecular flexibility index (Phi) is 19.8. The van der Waals surface area contributed by atoms with Crippen LogP contribution in [-0.2, 0) is 80.8 Å². The number of amides is 4. The SMILES string of the molecule is CCOC(=O)CC[C@H](NC(=O)c1ccc(N(Cc2ccc3nc(NC(=O)C(C)(C)C)[nH]c(=O)c3n2)C(=O)/C=C/c2c(C(N)=O)ncn2[C@@H]2O[C@H](COP(=O)(OCc3ccccc3)OCc3ccccc3)[C@H]3OC(C)(C)O[C@H]32)cc1)C(=O)OCC. The van der Waals surface area contributed by atoms with Gasteiger partial charge in [0.05, 0.1) is 62.8 Å². The summed E-state index contributed by atoms with van der Waals surface area (Å²) in [6.07, 6.45) is -0.399. The molecule has 444 valence electrons. The second-order valence-electron chi connectivity index (χ2n) is 20.9. The van der Waals surface area contributed by atoms with E-state index in [0.717, 1.165) is 6.08 Å². The minimum atomic E-state index is -4.32. The number of H-pyrrole nitrogens is 1. The van der Waals surface area contributed by atoms with E-state index < -0.39 is 90.7 Å². The van der Waals surface area contributed by atoms with E-state index in [1.54, 1.807) is 72.7 Å². The van der Waals surface area contributed by atoms with E-state index in [4.69, 9.17) is 43.0 Å². The van der Waals surface area contributed by atoms with Gasteiger partial charge in [0.2, 0.25) is 11.9 Å². The Morgan fingerprint density at radius 1 is 0.857 bits per heavy atom. The Labute approximate surface area is 483 Å². The average Bonchev–Trinajstić information content (AvgIpc) is 2.31. The molecular formula is C58H66N9O16P. The number of esters is 2. The molecule has 2 aliphatic rings. The van der Waals surface area contributed by atoms with Crippen LogP contribution in [0.2, 0.25) is 0 Å². The highest BCUT2D eigenvalue weighted by molar-refractivity contribution is 7.48. The minimum Gasteiger partial charge on any atom is -0.466 e. The van der Waals surface area contributed by atoms with E-state index in [2.05, 4.69) is 30.6 Å². The van der Waals surface area contributed by atoms with Gasteiger partial charge < -0.3 is 44.2 Å². The summed E-state index contributed by atoms with van der Waals surface area (Å²) in [5.41, 5.74) is 6.13. The lowest BCUT2D eigenvalue weighted by Crippen LogP contribution is -2.42. The predicted molar refractivity (Wildman–Crippen MR) is 303 cm³/mol. The Balaban J connectivity index is 1.08. The summed E-state index contributed by atoms with van der Waals surface area (Å²) in [5, 5.41) is 5.22. The van der Waals surface area contributed by atoms with Gasteiger partial charge in [-0.2, -0.15) is 0 Å². The molecule has 0 saturated carbocycles. The van der Waals surface area contributed by atoms with Gasteiger partial charge in [-0.25, -0.2) is 24.3 Å². The molecule has 0 spiro atoms. The van der Waals surface area contributed by atoms with Crippen molar-refractivity contribution in [3.05, 3.63) is 154 Å². The third-order valence-corrected chi connectivity index (χ3v) is 14.4. The number of nitrogens with zero attached hydrogens (tertiary/aromatic N) is 5. The fraction of sp³-hybridized carbons (Fsp3) is 0.379. The first kappa shape index (κ1) is 61.8. The van der Waals surface area contributed by atoms with Crippen molar-refractivity contribution in [1.29, 1.82) is 0 Å². The van der Waals surface area contributed by atoms with Crippen molar-refractivity contribution in [2.45, 2.75) is 117 Å². The smallest absolute Gasteiger partial charge is 0.466 e. The van der Waals surface area contributed by atoms with E-state index in [1.165, 1.54) is 58.3 Å². The van der Waals surface area contributed by atoms with Crippen molar-refractivity contribution < 1.29 is 70.6 Å². The molecular weight excluding hydrogens is 1110 g/mol. The zero-order valence-corrected chi connectivity index (χ0v) is 48.2. The van der Waals surface area contributed by atoms with Gasteiger partial charge in [-0.1, -0.05) is 81.4 Å². The zero-order chi connectivity index (χ0) is 60.3. The monoisotopic (exact) mass is 1180 g/mol. The van der Waals surface area contributed by atoms with E-state index in [0.29, 0.717) is 11.1 Å². The number of nitrogens with one attached hydrogen (secondary N) is 3. The number of carbonyl (C=O) groups excluding carboxylic acids is 6. The van der Waals surface area contributed by atoms with Crippen molar-refractivity contribution in [2.24, 2.45) is 11.1 Å². The number of anilines is 2. The summed E-state index contributed by atoms with van der Waals surface area (Å²) in [6, 6.07) is 25.7. The maximum atomic E-state index is 14.8. The van der Waals surface area contributed by atoms with Crippen LogP contribution in [0.5, 0.6) is 0 Å². The second-order valence-corrected chi connectivity index (χ2v) is 22.5. The molecule has 0 unspecified atom stereocenters. The Hall–Kier alpha value is -8.29. The number of phosphoric ester groups is 1. The number of fused-ring (bicyclic) bond motifs is 2. The van der Waals surface area contributed by atoms with E-state index >= 15 is 0 Å². The standard InChI is InChI=1S/C58H66N9O16P/c1-8-76-45(69)29-26-41(54(73)77-9-2)62-51(71)37-20-23-39(24-21-37)66(30-38-22-25-40-46(61-38)52(72)64-56(63-40)65-55(74)57(3,4)5)44(68)28-27-42-47(50(59)70)60-34-67(42)53-49-48(82-58(6,7)83-49)43(81-53)33-80-84(75,78-31-35-16-12-10-13-17-35)79-32-36-18-14-11-15-19-36/h10-25,27-28,34,41,43,48-49,53H,8-9,26,29-33H2,1-7H3,(H2,59,70)(H,62,71)(H2,63,64,65,72,74)/b28-27+/t41-,43+,48+,49+,53+/m0/s1. The number of hydrogen-bond donors (Lipinski definition) is 4. The van der Waals surface area contributed by atoms with Crippen LogP contribution < -0.4 is 26.8 Å². The number of phosphoric acid groups is 1. The van der Waals surface area contributed by atoms with Gasteiger partial charge in [-0.3, -0.25) is 52.6 Å². The van der Waals surface area contributed by atoms with Crippen LogP contribution in [0.15, 0.2) is 114 Å². The highest BCUT2D eigenvalue weighted by atomic mass is 31.2. The lowest BCUT2D eigenvalue weighted by Gasteiger charge is -2.26. The van der Waals surface area contributed by atoms with Crippen LogP contribution in [0.25, 0.3) is 17.1 Å². The number of nitrogens with two attached hydrogens (primary N) is 1. The summed E-state index contributed by atoms with van der Waals surface area (Å²) >= 11 is 0. The fourth-order valence-electron chi connectivity index (χ4n) is 8.90. The van der Waals surface area contributed by atoms with Crippen LogP contribution in [0.4, 0.5) is 11.6 Å². The molecule has 8 rings (SSSR count). The number of ether oxygens (including phenoxy) is 5. The highest BCUT2D eigenvalue weighted by Gasteiger charge is 2.57. The maximum Gasteiger partial charge on any atom is 0.475 e. The largest absolute Gasteiger partial charge is 0.475 e. The molecule has 4 amide bonds. The number of aromatic nitrogens is 5. The Bertz CT molecular complexity index is 3450. The molecule has 2 fully saturated rings. The molecule has 25 nitrogen and oxygen atoms in total. The van der Waals surface area contributed by atoms with Gasteiger partial charge in [0.1, 0.15) is 24.4 Å². The highest BCUT2D eigenvalue weighted by Crippen LogP contribution is 2.53. The molecule has 3 aromatic heterocycles. The summed E-state index contributed by atoms with van der Waals surface area (Å²) in [5.74, 6) is -5.33. The van der Waals surface area contributed by atoms with Crippen LogP contribution in [0.3, 0.4) is 0 Å². The number of benzene rings is 3. The molecule has 5 N–H and O–H groups in total. The van der Waals surface area contributed by atoms with Gasteiger partial charge in [0, 0.05) is 29.2 Å². The summed E-state index contributed by atoms with van der Waals surface area (Å²) in [6.45, 7) is 11.0. The quantitative estimate of drug-likeness (QED) is 0.0259. The van der Waals surface area contributed by atoms with Gasteiger partial charge in [0.25, 0.3) is 23.3 Å². The number of hydrogen-bond acceptors (Lipinski definition) is 19. The average molecular weight is 1180 g/mol. The van der Waals surface area contributed by atoms with Gasteiger partial charge in [0.15, 0.2) is 23.2 Å². The Morgan fingerprint density at radius 3 is 2.12 bits per heavy atom. The molecule has 3 aromatic carbocycles. The van der Waals surface area contributed by atoms with Crippen molar-refractivity contribution in [3.8, 4) is 0 Å². The van der Waals surface area contributed by atoms with E-state index in [1.807, 2.05) is 36.4 Å². The molecule has 26 heteroatoms. The van der Waals surface area contributed by atoms with E-state index in [9.17, 15) is 38.1 Å². The van der Waals surface area contributed by atoms with Crippen molar-refractivity contribution in [2.75, 3.05) is 30.0 Å². The lowest BCUT2D eigenvalue weighted by atomic mass is 9.96. The molecule has 0 radical (unpaired) electrons.